The summed E-state index contributed by atoms with van der Waals surface area (Å²) in [6.07, 6.45) is 2.99. The van der Waals surface area contributed by atoms with Crippen molar-refractivity contribution in [3.05, 3.63) is 83.5 Å². The van der Waals surface area contributed by atoms with Crippen molar-refractivity contribution >= 4 is 35.0 Å². The summed E-state index contributed by atoms with van der Waals surface area (Å²) in [7, 11) is 0. The van der Waals surface area contributed by atoms with Crippen LogP contribution in [-0.2, 0) is 4.79 Å². The van der Waals surface area contributed by atoms with E-state index in [0.717, 1.165) is 5.56 Å². The maximum atomic E-state index is 13.4. The molecule has 2 aromatic carbocycles. The van der Waals surface area contributed by atoms with Crippen molar-refractivity contribution in [3.63, 3.8) is 0 Å². The average molecular weight is 410 g/mol. The summed E-state index contributed by atoms with van der Waals surface area (Å²) < 4.78 is 20.0. The summed E-state index contributed by atoms with van der Waals surface area (Å²) in [5.41, 5.74) is 1.14. The third kappa shape index (κ3) is 4.07. The first-order chi connectivity index (χ1) is 14.1. The third-order valence-corrected chi connectivity index (χ3v) is 4.25. The number of nitrogens with one attached hydrogen (secondary N) is 1. The van der Waals surface area contributed by atoms with Crippen LogP contribution in [0.25, 0.3) is 23.2 Å². The molecular formula is C20H13ClFN5O2. The van der Waals surface area contributed by atoms with Crippen LogP contribution in [0.3, 0.4) is 0 Å². The van der Waals surface area contributed by atoms with Gasteiger partial charge in [-0.25, -0.2) is 4.39 Å². The largest absolute Gasteiger partial charge is 0.465 e. The zero-order valence-electron chi connectivity index (χ0n) is 14.8. The molecule has 1 amide bonds. The normalized spacial score (nSPS) is 11.4. The highest BCUT2D eigenvalue weighted by Gasteiger charge is 2.20. The van der Waals surface area contributed by atoms with Gasteiger partial charge < -0.3 is 9.73 Å². The predicted molar refractivity (Wildman–Crippen MR) is 106 cm³/mol. The number of nitrogens with zero attached hydrogens (tertiary/aromatic N) is 4. The number of amides is 1. The van der Waals surface area contributed by atoms with Crippen LogP contribution >= 0.6 is 11.6 Å². The minimum Gasteiger partial charge on any atom is -0.465 e. The summed E-state index contributed by atoms with van der Waals surface area (Å²) in [5.74, 6) is -0.311. The Morgan fingerprint density at radius 3 is 2.69 bits per heavy atom. The molecule has 0 unspecified atom stereocenters. The van der Waals surface area contributed by atoms with Gasteiger partial charge in [0.1, 0.15) is 17.3 Å². The van der Waals surface area contributed by atoms with Crippen molar-refractivity contribution in [1.82, 2.24) is 20.2 Å². The second kappa shape index (κ2) is 8.07. The highest BCUT2D eigenvalue weighted by molar-refractivity contribution is 6.31. The van der Waals surface area contributed by atoms with E-state index in [-0.39, 0.29) is 10.7 Å². The molecule has 2 heterocycles. The van der Waals surface area contributed by atoms with Crippen LogP contribution in [0, 0.1) is 5.82 Å². The molecule has 144 valence electrons. The van der Waals surface area contributed by atoms with Gasteiger partial charge in [-0.2, -0.15) is 4.68 Å². The van der Waals surface area contributed by atoms with Gasteiger partial charge in [0.15, 0.2) is 5.82 Å². The van der Waals surface area contributed by atoms with Crippen molar-refractivity contribution in [2.75, 3.05) is 5.32 Å². The van der Waals surface area contributed by atoms with Crippen LogP contribution < -0.4 is 5.32 Å². The van der Waals surface area contributed by atoms with E-state index in [1.54, 1.807) is 12.1 Å². The number of aromatic nitrogens is 4. The minimum absolute atomic E-state index is 0.101. The Morgan fingerprint density at radius 1 is 1.14 bits per heavy atom. The van der Waals surface area contributed by atoms with Gasteiger partial charge in [0.05, 0.1) is 11.3 Å². The van der Waals surface area contributed by atoms with Crippen molar-refractivity contribution in [2.45, 2.75) is 0 Å². The maximum Gasteiger partial charge on any atom is 0.274 e. The van der Waals surface area contributed by atoms with Gasteiger partial charge in [0.2, 0.25) is 0 Å². The Bertz CT molecular complexity index is 1170. The number of halogens is 2. The monoisotopic (exact) mass is 409 g/mol. The Morgan fingerprint density at radius 2 is 1.97 bits per heavy atom. The topological polar surface area (TPSA) is 85.8 Å². The summed E-state index contributed by atoms with van der Waals surface area (Å²) >= 11 is 5.80. The quantitative estimate of drug-likeness (QED) is 0.495. The molecule has 0 atom stereocenters. The second-order valence-corrected chi connectivity index (χ2v) is 6.32. The number of hydrogen-bond donors (Lipinski definition) is 1. The second-order valence-electron chi connectivity index (χ2n) is 5.91. The molecule has 0 aliphatic heterocycles. The van der Waals surface area contributed by atoms with Crippen LogP contribution in [0.4, 0.5) is 10.1 Å². The van der Waals surface area contributed by atoms with Crippen LogP contribution in [0.5, 0.6) is 0 Å². The lowest BCUT2D eigenvalue weighted by Crippen LogP contribution is -2.19. The minimum atomic E-state index is -0.581. The fraction of sp³-hybridized carbons (Fsp3) is 0. The van der Waals surface area contributed by atoms with Crippen LogP contribution in [0.15, 0.2) is 71.3 Å². The molecule has 4 aromatic rings. The standard InChI is InChI=1S/C20H13ClFN5O2/c21-16-11-14(8-9-17(16)22)23-20(28)18(12-15-7-4-10-29-15)27-19(24-25-26-27)13-5-2-1-3-6-13/h1-12H,(H,23,28). The average Bonchev–Trinajstić information content (AvgIpc) is 3.41. The first kappa shape index (κ1) is 18.6. The molecule has 29 heavy (non-hydrogen) atoms. The number of hydrogen-bond acceptors (Lipinski definition) is 5. The fourth-order valence-corrected chi connectivity index (χ4v) is 2.80. The first-order valence-electron chi connectivity index (χ1n) is 8.47. The SMILES string of the molecule is O=C(Nc1ccc(F)c(Cl)c1)C(=Cc1ccco1)n1nnnc1-c1ccccc1. The van der Waals surface area contributed by atoms with Gasteiger partial charge in [0.25, 0.3) is 5.91 Å². The van der Waals surface area contributed by atoms with Crippen molar-refractivity contribution < 1.29 is 13.6 Å². The number of carbonyl (C=O) groups is 1. The van der Waals surface area contributed by atoms with Gasteiger partial charge in [0, 0.05) is 17.3 Å². The molecule has 0 aliphatic rings. The zero-order chi connectivity index (χ0) is 20.2. The molecule has 0 saturated carbocycles. The van der Waals surface area contributed by atoms with Crippen molar-refractivity contribution in [2.24, 2.45) is 0 Å². The molecule has 0 bridgehead atoms. The van der Waals surface area contributed by atoms with E-state index in [2.05, 4.69) is 20.8 Å². The van der Waals surface area contributed by atoms with E-state index in [4.69, 9.17) is 16.0 Å². The Kier molecular flexibility index (Phi) is 5.17. The molecular weight excluding hydrogens is 397 g/mol. The van der Waals surface area contributed by atoms with E-state index in [9.17, 15) is 9.18 Å². The summed E-state index contributed by atoms with van der Waals surface area (Å²) in [6.45, 7) is 0. The van der Waals surface area contributed by atoms with Gasteiger partial charge in [-0.15, -0.1) is 5.10 Å². The molecule has 9 heteroatoms. The zero-order valence-corrected chi connectivity index (χ0v) is 15.5. The number of carbonyl (C=O) groups excluding carboxylic acids is 1. The molecule has 4 rings (SSSR count). The van der Waals surface area contributed by atoms with Crippen molar-refractivity contribution in [3.8, 4) is 11.4 Å². The molecule has 1 N–H and O–H groups in total. The van der Waals surface area contributed by atoms with Crippen LogP contribution in [-0.4, -0.2) is 26.1 Å². The lowest BCUT2D eigenvalue weighted by molar-refractivity contribution is -0.111. The molecule has 2 aromatic heterocycles. The summed E-state index contributed by atoms with van der Waals surface area (Å²) in [5, 5.41) is 14.3. The molecule has 0 saturated heterocycles. The van der Waals surface area contributed by atoms with Gasteiger partial charge >= 0.3 is 0 Å². The maximum absolute atomic E-state index is 13.4. The number of furan rings is 1. The van der Waals surface area contributed by atoms with E-state index in [1.165, 1.54) is 35.2 Å². The smallest absolute Gasteiger partial charge is 0.274 e. The molecule has 7 nitrogen and oxygen atoms in total. The number of rotatable bonds is 5. The van der Waals surface area contributed by atoms with Gasteiger partial charge in [-0.05, 0) is 40.8 Å². The Balaban J connectivity index is 1.75. The Labute approximate surface area is 169 Å². The van der Waals surface area contributed by atoms with Crippen LogP contribution in [0.1, 0.15) is 5.76 Å². The van der Waals surface area contributed by atoms with E-state index < -0.39 is 11.7 Å². The van der Waals surface area contributed by atoms with E-state index in [0.29, 0.717) is 17.3 Å². The number of tetrazole rings is 1. The molecule has 0 radical (unpaired) electrons. The lowest BCUT2D eigenvalue weighted by Gasteiger charge is -2.11. The number of benzene rings is 2. The van der Waals surface area contributed by atoms with Crippen molar-refractivity contribution in [1.29, 1.82) is 0 Å². The number of anilines is 1. The summed E-state index contributed by atoms with van der Waals surface area (Å²) in [4.78, 5) is 13.0. The van der Waals surface area contributed by atoms with Gasteiger partial charge in [-0.1, -0.05) is 41.9 Å². The first-order valence-corrected chi connectivity index (χ1v) is 8.85. The summed E-state index contributed by atoms with van der Waals surface area (Å²) in [6, 6.07) is 16.5. The highest BCUT2D eigenvalue weighted by atomic mass is 35.5. The van der Waals surface area contributed by atoms with Crippen LogP contribution in [0.2, 0.25) is 5.02 Å². The highest BCUT2D eigenvalue weighted by Crippen LogP contribution is 2.23. The fourth-order valence-electron chi connectivity index (χ4n) is 2.62. The lowest BCUT2D eigenvalue weighted by atomic mass is 10.2. The van der Waals surface area contributed by atoms with E-state index >= 15 is 0 Å². The Hall–Kier alpha value is -3.78. The molecule has 0 fully saturated rings. The predicted octanol–water partition coefficient (Wildman–Crippen LogP) is 4.36. The van der Waals surface area contributed by atoms with E-state index in [1.807, 2.05) is 30.3 Å². The molecule has 0 spiro atoms. The third-order valence-electron chi connectivity index (χ3n) is 3.96. The van der Waals surface area contributed by atoms with Gasteiger partial charge in [-0.3, -0.25) is 4.79 Å². The molecule has 0 aliphatic carbocycles.